The van der Waals surface area contributed by atoms with Gasteiger partial charge in [0.2, 0.25) is 0 Å². The van der Waals surface area contributed by atoms with Crippen LogP contribution in [0.4, 0.5) is 0 Å². The van der Waals surface area contributed by atoms with Crippen molar-refractivity contribution in [2.24, 2.45) is 12.5 Å². The maximum absolute atomic E-state index is 4.14. The number of aryl methyl sites for hydroxylation is 1. The van der Waals surface area contributed by atoms with E-state index in [9.17, 15) is 0 Å². The van der Waals surface area contributed by atoms with Crippen LogP contribution in [0.3, 0.4) is 0 Å². The van der Waals surface area contributed by atoms with Crippen molar-refractivity contribution in [1.29, 1.82) is 0 Å². The van der Waals surface area contributed by atoms with Crippen molar-refractivity contribution in [3.63, 3.8) is 0 Å². The third kappa shape index (κ3) is 6.18. The van der Waals surface area contributed by atoms with E-state index in [2.05, 4.69) is 37.4 Å². The minimum atomic E-state index is 0.434. The monoisotopic (exact) mass is 241 g/mol. The second kappa shape index (κ2) is 6.30. The normalized spacial score (nSPS) is 12.0. The van der Waals surface area contributed by atoms with Crippen LogP contribution >= 0.6 is 11.8 Å². The Morgan fingerprint density at radius 2 is 2.12 bits per heavy atom. The molecule has 0 aromatic carbocycles. The van der Waals surface area contributed by atoms with Crippen molar-refractivity contribution in [2.45, 2.75) is 32.1 Å². The number of aromatic nitrogens is 2. The Hall–Kier alpha value is -0.480. The lowest BCUT2D eigenvalue weighted by atomic mass is 9.92. The summed E-state index contributed by atoms with van der Waals surface area (Å²) in [6, 6.07) is 0. The van der Waals surface area contributed by atoms with E-state index in [1.54, 1.807) is 0 Å². The van der Waals surface area contributed by atoms with E-state index in [0.717, 1.165) is 18.8 Å². The molecule has 1 aromatic rings. The molecule has 0 unspecified atom stereocenters. The highest BCUT2D eigenvalue weighted by Gasteiger charge is 2.08. The smallest absolute Gasteiger partial charge is 0.0625 e. The molecule has 0 amide bonds. The van der Waals surface area contributed by atoms with Crippen molar-refractivity contribution in [3.05, 3.63) is 12.4 Å². The zero-order chi connectivity index (χ0) is 12.0. The van der Waals surface area contributed by atoms with Gasteiger partial charge in [-0.1, -0.05) is 20.8 Å². The fourth-order valence-electron chi connectivity index (χ4n) is 1.30. The molecule has 1 aromatic heterocycles. The molecule has 0 aliphatic heterocycles. The van der Waals surface area contributed by atoms with Crippen LogP contribution < -0.4 is 5.32 Å². The summed E-state index contributed by atoms with van der Waals surface area (Å²) in [4.78, 5) is 1.25. The summed E-state index contributed by atoms with van der Waals surface area (Å²) in [7, 11) is 1.95. The molecule has 0 aliphatic carbocycles. The van der Waals surface area contributed by atoms with Gasteiger partial charge in [0.25, 0.3) is 0 Å². The predicted molar refractivity (Wildman–Crippen MR) is 70.9 cm³/mol. The van der Waals surface area contributed by atoms with Gasteiger partial charge in [-0.15, -0.1) is 11.8 Å². The second-order valence-corrected chi connectivity index (χ2v) is 6.43. The van der Waals surface area contributed by atoms with Gasteiger partial charge in [-0.05, 0) is 18.4 Å². The highest BCUT2D eigenvalue weighted by Crippen LogP contribution is 2.17. The maximum atomic E-state index is 4.14. The molecule has 1 N–H and O–H groups in total. The van der Waals surface area contributed by atoms with Gasteiger partial charge in [-0.3, -0.25) is 4.68 Å². The Bertz CT molecular complexity index is 301. The van der Waals surface area contributed by atoms with E-state index in [4.69, 9.17) is 0 Å². The van der Waals surface area contributed by atoms with Gasteiger partial charge in [0.05, 0.1) is 6.20 Å². The van der Waals surface area contributed by atoms with E-state index >= 15 is 0 Å². The third-order valence-electron chi connectivity index (χ3n) is 2.28. The molecular formula is C12H23N3S. The summed E-state index contributed by atoms with van der Waals surface area (Å²) in [5, 5.41) is 7.61. The summed E-state index contributed by atoms with van der Waals surface area (Å²) in [6.45, 7) is 9.00. The predicted octanol–water partition coefficient (Wildman–Crippen LogP) is 2.54. The molecule has 0 fully saturated rings. The first-order chi connectivity index (χ1) is 7.47. The molecule has 0 aliphatic rings. The molecule has 0 saturated heterocycles. The van der Waals surface area contributed by atoms with Crippen LogP contribution in [-0.2, 0) is 7.05 Å². The number of thioether (sulfide) groups is 1. The lowest BCUT2D eigenvalue weighted by Crippen LogP contribution is -2.22. The second-order valence-electron chi connectivity index (χ2n) is 5.26. The Kier molecular flexibility index (Phi) is 5.35. The van der Waals surface area contributed by atoms with Crippen molar-refractivity contribution in [3.8, 4) is 0 Å². The molecule has 0 saturated carbocycles. The molecule has 0 bridgehead atoms. The first-order valence-electron chi connectivity index (χ1n) is 5.79. The van der Waals surface area contributed by atoms with Gasteiger partial charge in [0.1, 0.15) is 0 Å². The van der Waals surface area contributed by atoms with Gasteiger partial charge in [-0.25, -0.2) is 0 Å². The summed E-state index contributed by atoms with van der Waals surface area (Å²) < 4.78 is 1.84. The summed E-state index contributed by atoms with van der Waals surface area (Å²) >= 11 is 1.85. The van der Waals surface area contributed by atoms with Gasteiger partial charge >= 0.3 is 0 Å². The first-order valence-corrected chi connectivity index (χ1v) is 6.78. The average molecular weight is 241 g/mol. The third-order valence-corrected chi connectivity index (χ3v) is 3.23. The van der Waals surface area contributed by atoms with Crippen LogP contribution in [0.15, 0.2) is 17.3 Å². The van der Waals surface area contributed by atoms with E-state index in [1.165, 1.54) is 11.3 Å². The van der Waals surface area contributed by atoms with Crippen molar-refractivity contribution >= 4 is 11.8 Å². The van der Waals surface area contributed by atoms with E-state index in [-0.39, 0.29) is 0 Å². The summed E-state index contributed by atoms with van der Waals surface area (Å²) in [5.74, 6) is 1.11. The zero-order valence-electron chi connectivity index (χ0n) is 10.8. The summed E-state index contributed by atoms with van der Waals surface area (Å²) in [6.07, 6.45) is 5.20. The Morgan fingerprint density at radius 1 is 1.38 bits per heavy atom. The highest BCUT2D eigenvalue weighted by molar-refractivity contribution is 7.99. The molecule has 1 heterocycles. The molecule has 92 valence electrons. The standard InChI is InChI=1S/C12H23N3S/c1-12(2,3)5-6-13-7-8-16-11-9-14-15(4)10-11/h9-10,13H,5-8H2,1-4H3. The molecule has 4 heteroatoms. The molecule has 16 heavy (non-hydrogen) atoms. The number of hydrogen-bond acceptors (Lipinski definition) is 3. The number of rotatable bonds is 6. The average Bonchev–Trinajstić information content (AvgIpc) is 2.56. The minimum Gasteiger partial charge on any atom is -0.316 e. The van der Waals surface area contributed by atoms with Crippen molar-refractivity contribution in [1.82, 2.24) is 15.1 Å². The van der Waals surface area contributed by atoms with Gasteiger partial charge in [-0.2, -0.15) is 5.10 Å². The van der Waals surface area contributed by atoms with Gasteiger partial charge in [0, 0.05) is 30.4 Å². The highest BCUT2D eigenvalue weighted by atomic mass is 32.2. The topological polar surface area (TPSA) is 29.9 Å². The maximum Gasteiger partial charge on any atom is 0.0625 e. The van der Waals surface area contributed by atoms with E-state index in [0.29, 0.717) is 5.41 Å². The quantitative estimate of drug-likeness (QED) is 0.613. The van der Waals surface area contributed by atoms with Gasteiger partial charge < -0.3 is 5.32 Å². The molecule has 0 radical (unpaired) electrons. The fraction of sp³-hybridized carbons (Fsp3) is 0.750. The van der Waals surface area contributed by atoms with Crippen LogP contribution in [0.1, 0.15) is 27.2 Å². The van der Waals surface area contributed by atoms with Crippen LogP contribution in [0.2, 0.25) is 0 Å². The fourth-order valence-corrected chi connectivity index (χ4v) is 2.13. The molecule has 1 rings (SSSR count). The van der Waals surface area contributed by atoms with E-state index in [1.807, 2.05) is 29.7 Å². The Morgan fingerprint density at radius 3 is 2.69 bits per heavy atom. The van der Waals surface area contributed by atoms with Crippen LogP contribution in [0.25, 0.3) is 0 Å². The summed E-state index contributed by atoms with van der Waals surface area (Å²) in [5.41, 5.74) is 0.434. The lowest BCUT2D eigenvalue weighted by Gasteiger charge is -2.17. The number of nitrogens with zero attached hydrogens (tertiary/aromatic N) is 2. The number of nitrogens with one attached hydrogen (secondary N) is 1. The van der Waals surface area contributed by atoms with Crippen LogP contribution in [0.5, 0.6) is 0 Å². The largest absolute Gasteiger partial charge is 0.316 e. The Labute approximate surface area is 103 Å². The zero-order valence-corrected chi connectivity index (χ0v) is 11.6. The molecule has 3 nitrogen and oxygen atoms in total. The Balaban J connectivity index is 2.00. The van der Waals surface area contributed by atoms with Crippen molar-refractivity contribution in [2.75, 3.05) is 18.8 Å². The molecule has 0 atom stereocenters. The molecule has 0 spiro atoms. The van der Waals surface area contributed by atoms with Crippen LogP contribution in [-0.4, -0.2) is 28.6 Å². The minimum absolute atomic E-state index is 0.434. The van der Waals surface area contributed by atoms with Crippen LogP contribution in [0, 0.1) is 5.41 Å². The molecular weight excluding hydrogens is 218 g/mol. The first kappa shape index (κ1) is 13.6. The van der Waals surface area contributed by atoms with Gasteiger partial charge in [0.15, 0.2) is 0 Å². The lowest BCUT2D eigenvalue weighted by molar-refractivity contribution is 0.369. The van der Waals surface area contributed by atoms with E-state index < -0.39 is 0 Å². The SMILES string of the molecule is Cn1cc(SCCNCCC(C)(C)C)cn1. The number of hydrogen-bond donors (Lipinski definition) is 1. The van der Waals surface area contributed by atoms with Crippen molar-refractivity contribution < 1.29 is 0 Å².